The van der Waals surface area contributed by atoms with E-state index in [2.05, 4.69) is 19.9 Å². The van der Waals surface area contributed by atoms with E-state index in [1.165, 1.54) is 0 Å². The lowest BCUT2D eigenvalue weighted by Crippen LogP contribution is -2.00. The van der Waals surface area contributed by atoms with Crippen LogP contribution in [0.3, 0.4) is 0 Å². The van der Waals surface area contributed by atoms with Gasteiger partial charge in [-0.15, -0.1) is 0 Å². The van der Waals surface area contributed by atoms with Gasteiger partial charge < -0.3 is 0 Å². The Morgan fingerprint density at radius 2 is 1.08 bits per heavy atom. The average molecular weight is 345 g/mol. The van der Waals surface area contributed by atoms with E-state index in [0.29, 0.717) is 28.2 Å². The molecule has 4 aromatic rings. The first-order valence-corrected chi connectivity index (χ1v) is 8.17. The molecule has 0 aliphatic rings. The van der Waals surface area contributed by atoms with Crippen molar-refractivity contribution in [3.05, 3.63) is 84.1 Å². The van der Waals surface area contributed by atoms with Crippen LogP contribution in [0.1, 0.15) is 0 Å². The highest BCUT2D eigenvalue weighted by molar-refractivity contribution is 6.31. The molecule has 0 aliphatic heterocycles. The predicted octanol–water partition coefficient (Wildman–Crippen LogP) is 4.92. The molecule has 0 N–H and O–H groups in total. The molecule has 0 atom stereocenters. The molecule has 2 aromatic carbocycles. The molecule has 4 nitrogen and oxygen atoms in total. The quantitative estimate of drug-likeness (QED) is 0.495. The maximum absolute atomic E-state index is 6.24. The van der Waals surface area contributed by atoms with Gasteiger partial charge in [0.25, 0.3) is 0 Å². The molecule has 5 heteroatoms. The van der Waals surface area contributed by atoms with Crippen LogP contribution >= 0.6 is 11.6 Å². The number of nitrogens with zero attached hydrogens (tertiary/aromatic N) is 4. The third kappa shape index (κ3) is 3.25. The van der Waals surface area contributed by atoms with Crippen molar-refractivity contribution in [1.82, 2.24) is 19.9 Å². The number of rotatable bonds is 3. The first-order valence-electron chi connectivity index (χ1n) is 7.79. The van der Waals surface area contributed by atoms with Crippen LogP contribution in [0.15, 0.2) is 79.0 Å². The molecule has 0 fully saturated rings. The lowest BCUT2D eigenvalue weighted by molar-refractivity contribution is 1.07. The van der Waals surface area contributed by atoms with Crippen molar-refractivity contribution in [2.75, 3.05) is 0 Å². The Morgan fingerprint density at radius 3 is 1.60 bits per heavy atom. The summed E-state index contributed by atoms with van der Waals surface area (Å²) in [6, 6.07) is 23.3. The minimum absolute atomic E-state index is 0.367. The fourth-order valence-corrected chi connectivity index (χ4v) is 2.69. The Morgan fingerprint density at radius 1 is 0.560 bits per heavy atom. The summed E-state index contributed by atoms with van der Waals surface area (Å²) < 4.78 is 0. The second kappa shape index (κ2) is 6.79. The van der Waals surface area contributed by atoms with Crippen LogP contribution in [0.2, 0.25) is 5.15 Å². The van der Waals surface area contributed by atoms with E-state index in [9.17, 15) is 0 Å². The molecule has 0 unspecified atom stereocenters. The van der Waals surface area contributed by atoms with E-state index in [1.54, 1.807) is 6.20 Å². The van der Waals surface area contributed by atoms with Crippen molar-refractivity contribution in [2.24, 2.45) is 0 Å². The van der Waals surface area contributed by atoms with Gasteiger partial charge in [0.1, 0.15) is 5.15 Å². The smallest absolute Gasteiger partial charge is 0.167 e. The molecule has 0 saturated heterocycles. The zero-order valence-corrected chi connectivity index (χ0v) is 13.9. The monoisotopic (exact) mass is 344 g/mol. The van der Waals surface area contributed by atoms with Crippen molar-refractivity contribution < 1.29 is 0 Å². The van der Waals surface area contributed by atoms with Crippen LogP contribution < -0.4 is 0 Å². The van der Waals surface area contributed by atoms with Crippen molar-refractivity contribution in [3.8, 4) is 34.2 Å². The van der Waals surface area contributed by atoms with E-state index >= 15 is 0 Å². The van der Waals surface area contributed by atoms with Gasteiger partial charge in [0.2, 0.25) is 0 Å². The van der Waals surface area contributed by atoms with Crippen molar-refractivity contribution >= 4 is 11.6 Å². The van der Waals surface area contributed by atoms with Gasteiger partial charge in [-0.05, 0) is 12.1 Å². The highest BCUT2D eigenvalue weighted by Crippen LogP contribution is 2.27. The second-order valence-electron chi connectivity index (χ2n) is 5.38. The molecule has 0 aliphatic carbocycles. The molecule has 2 aromatic heterocycles. The van der Waals surface area contributed by atoms with Crippen LogP contribution in [0, 0.1) is 0 Å². The van der Waals surface area contributed by atoms with Gasteiger partial charge in [-0.3, -0.25) is 0 Å². The third-order valence-corrected chi connectivity index (χ3v) is 4.00. The summed E-state index contributed by atoms with van der Waals surface area (Å²) in [5.74, 6) is 1.71. The minimum Gasteiger partial charge on any atom is -0.244 e. The largest absolute Gasteiger partial charge is 0.244 e. The molecule has 120 valence electrons. The number of aromatic nitrogens is 4. The highest BCUT2D eigenvalue weighted by atomic mass is 35.5. The molecule has 25 heavy (non-hydrogen) atoms. The number of hydrogen-bond acceptors (Lipinski definition) is 4. The number of benzene rings is 2. The van der Waals surface area contributed by atoms with E-state index in [-0.39, 0.29) is 0 Å². The minimum atomic E-state index is 0.367. The first kappa shape index (κ1) is 15.4. The van der Waals surface area contributed by atoms with Gasteiger partial charge >= 0.3 is 0 Å². The summed E-state index contributed by atoms with van der Waals surface area (Å²) in [6.45, 7) is 0. The topological polar surface area (TPSA) is 51.6 Å². The Kier molecular flexibility index (Phi) is 4.19. The maximum Gasteiger partial charge on any atom is 0.167 e. The maximum atomic E-state index is 6.24. The van der Waals surface area contributed by atoms with Gasteiger partial charge in [0.15, 0.2) is 17.5 Å². The lowest BCUT2D eigenvalue weighted by Gasteiger charge is -2.08. The zero-order chi connectivity index (χ0) is 17.1. The molecular weight excluding hydrogens is 332 g/mol. The van der Waals surface area contributed by atoms with Crippen LogP contribution in [0.25, 0.3) is 34.2 Å². The first-order chi connectivity index (χ1) is 12.3. The van der Waals surface area contributed by atoms with E-state index in [1.807, 2.05) is 72.8 Å². The molecule has 4 rings (SSSR count). The molecule has 2 heterocycles. The van der Waals surface area contributed by atoms with Gasteiger partial charge in [-0.25, -0.2) is 19.9 Å². The molecule has 0 radical (unpaired) electrons. The summed E-state index contributed by atoms with van der Waals surface area (Å²) in [5, 5.41) is 0.367. The Bertz CT molecular complexity index is 947. The van der Waals surface area contributed by atoms with Crippen molar-refractivity contribution in [2.45, 2.75) is 0 Å². The Hall–Kier alpha value is -3.11. The summed E-state index contributed by atoms with van der Waals surface area (Å²) in [7, 11) is 0. The second-order valence-corrected chi connectivity index (χ2v) is 5.74. The van der Waals surface area contributed by atoms with Gasteiger partial charge in [0.05, 0.1) is 5.56 Å². The SMILES string of the molecule is Clc1ncccc1-c1nc(-c2ccccc2)nc(-c2ccccc2)n1. The molecule has 0 spiro atoms. The fraction of sp³-hybridized carbons (Fsp3) is 0. The van der Waals surface area contributed by atoms with Gasteiger partial charge in [0, 0.05) is 17.3 Å². The van der Waals surface area contributed by atoms with Crippen LogP contribution in [0.4, 0.5) is 0 Å². The van der Waals surface area contributed by atoms with Crippen molar-refractivity contribution in [1.29, 1.82) is 0 Å². The van der Waals surface area contributed by atoms with E-state index < -0.39 is 0 Å². The predicted molar refractivity (Wildman–Crippen MR) is 98.9 cm³/mol. The molecule has 0 saturated carbocycles. The van der Waals surface area contributed by atoms with E-state index in [4.69, 9.17) is 11.6 Å². The Balaban J connectivity index is 1.94. The van der Waals surface area contributed by atoms with Crippen LogP contribution in [-0.2, 0) is 0 Å². The number of pyridine rings is 1. The Labute approximate surface area is 150 Å². The molecule has 0 bridgehead atoms. The number of halogens is 1. The fourth-order valence-electron chi connectivity index (χ4n) is 2.48. The summed E-state index contributed by atoms with van der Waals surface area (Å²) in [4.78, 5) is 18.0. The summed E-state index contributed by atoms with van der Waals surface area (Å²) in [5.41, 5.74) is 2.52. The van der Waals surface area contributed by atoms with Crippen LogP contribution in [-0.4, -0.2) is 19.9 Å². The van der Waals surface area contributed by atoms with E-state index in [0.717, 1.165) is 11.1 Å². The van der Waals surface area contributed by atoms with Gasteiger partial charge in [-0.1, -0.05) is 72.3 Å². The zero-order valence-electron chi connectivity index (χ0n) is 13.2. The number of hydrogen-bond donors (Lipinski definition) is 0. The summed E-state index contributed by atoms with van der Waals surface area (Å²) >= 11 is 6.24. The highest BCUT2D eigenvalue weighted by Gasteiger charge is 2.14. The lowest BCUT2D eigenvalue weighted by atomic mass is 10.1. The normalized spacial score (nSPS) is 10.6. The summed E-state index contributed by atoms with van der Waals surface area (Å²) in [6.07, 6.45) is 1.64. The third-order valence-electron chi connectivity index (χ3n) is 3.70. The molecule has 0 amide bonds. The van der Waals surface area contributed by atoms with Crippen LogP contribution in [0.5, 0.6) is 0 Å². The van der Waals surface area contributed by atoms with Crippen molar-refractivity contribution in [3.63, 3.8) is 0 Å². The standard InChI is InChI=1S/C20H13ClN4/c21-17-16(12-7-13-22-17)20-24-18(14-8-3-1-4-9-14)23-19(25-20)15-10-5-2-6-11-15/h1-13H. The average Bonchev–Trinajstić information content (AvgIpc) is 2.69. The molecular formula is C20H13ClN4. The van der Waals surface area contributed by atoms with Gasteiger partial charge in [-0.2, -0.15) is 0 Å².